The van der Waals surface area contributed by atoms with Gasteiger partial charge in [-0.15, -0.1) is 11.3 Å². The predicted molar refractivity (Wildman–Crippen MR) is 120 cm³/mol. The maximum Gasteiger partial charge on any atom is 0.268 e. The topological polar surface area (TPSA) is 67.4 Å². The molecule has 0 saturated carbocycles. The molecule has 0 aliphatic heterocycles. The minimum atomic E-state index is -0.367. The van der Waals surface area contributed by atoms with E-state index in [2.05, 4.69) is 10.6 Å². The van der Waals surface area contributed by atoms with Gasteiger partial charge in [0.25, 0.3) is 11.8 Å². The first kappa shape index (κ1) is 21.3. The lowest BCUT2D eigenvalue weighted by Gasteiger charge is -2.17. The predicted octanol–water partition coefficient (Wildman–Crippen LogP) is 4.41. The minimum Gasteiger partial charge on any atom is -0.491 e. The molecular weight excluding hydrogens is 396 g/mol. The van der Waals surface area contributed by atoms with E-state index in [4.69, 9.17) is 4.74 Å². The summed E-state index contributed by atoms with van der Waals surface area (Å²) in [5, 5.41) is 7.56. The SMILES string of the molecule is Cc1cccc(C(=O)N/C(=C\c2cccs2)C(=O)NC(C)COc2ccccc2)c1. The van der Waals surface area contributed by atoms with E-state index in [1.807, 2.05) is 73.8 Å². The van der Waals surface area contributed by atoms with Crippen LogP contribution in [0.5, 0.6) is 5.75 Å². The van der Waals surface area contributed by atoms with Gasteiger partial charge in [-0.25, -0.2) is 0 Å². The Labute approximate surface area is 180 Å². The molecule has 5 nitrogen and oxygen atoms in total. The van der Waals surface area contributed by atoms with E-state index < -0.39 is 0 Å². The van der Waals surface area contributed by atoms with Gasteiger partial charge >= 0.3 is 0 Å². The number of thiophene rings is 1. The first-order valence-electron chi connectivity index (χ1n) is 9.63. The van der Waals surface area contributed by atoms with E-state index in [0.29, 0.717) is 12.2 Å². The lowest BCUT2D eigenvalue weighted by Crippen LogP contribution is -2.41. The van der Waals surface area contributed by atoms with Crippen LogP contribution < -0.4 is 15.4 Å². The van der Waals surface area contributed by atoms with Crippen LogP contribution in [0.2, 0.25) is 0 Å². The molecule has 154 valence electrons. The molecule has 1 unspecified atom stereocenters. The average molecular weight is 421 g/mol. The Morgan fingerprint density at radius 3 is 2.57 bits per heavy atom. The number of hydrogen-bond acceptors (Lipinski definition) is 4. The van der Waals surface area contributed by atoms with Crippen molar-refractivity contribution in [2.75, 3.05) is 6.61 Å². The molecule has 0 aliphatic carbocycles. The number of carbonyl (C=O) groups is 2. The van der Waals surface area contributed by atoms with Gasteiger partial charge in [-0.2, -0.15) is 0 Å². The molecule has 0 aliphatic rings. The average Bonchev–Trinajstić information content (AvgIpc) is 3.25. The first-order valence-corrected chi connectivity index (χ1v) is 10.5. The maximum atomic E-state index is 12.9. The maximum absolute atomic E-state index is 12.9. The number of amides is 2. The van der Waals surface area contributed by atoms with Crippen LogP contribution in [-0.2, 0) is 4.79 Å². The Morgan fingerprint density at radius 2 is 1.87 bits per heavy atom. The Bertz CT molecular complexity index is 1010. The van der Waals surface area contributed by atoms with Crippen molar-refractivity contribution in [3.63, 3.8) is 0 Å². The second kappa shape index (κ2) is 10.4. The van der Waals surface area contributed by atoms with Crippen LogP contribution in [0.3, 0.4) is 0 Å². The number of aryl methyl sites for hydroxylation is 1. The highest BCUT2D eigenvalue weighted by Gasteiger charge is 2.17. The summed E-state index contributed by atoms with van der Waals surface area (Å²) in [5.74, 6) is 0.0408. The second-order valence-corrected chi connectivity index (χ2v) is 7.87. The van der Waals surface area contributed by atoms with Crippen molar-refractivity contribution in [1.82, 2.24) is 10.6 Å². The van der Waals surface area contributed by atoms with Crippen LogP contribution in [0.4, 0.5) is 0 Å². The van der Waals surface area contributed by atoms with E-state index >= 15 is 0 Å². The summed E-state index contributed by atoms with van der Waals surface area (Å²) in [7, 11) is 0. The molecule has 6 heteroatoms. The normalized spacial score (nSPS) is 12.1. The number of ether oxygens (including phenoxy) is 1. The Balaban J connectivity index is 1.68. The Kier molecular flexibility index (Phi) is 7.40. The standard InChI is InChI=1S/C24H24N2O3S/c1-17-8-6-9-19(14-17)23(27)26-22(15-21-12-7-13-30-21)24(28)25-18(2)16-29-20-10-4-3-5-11-20/h3-15,18H,16H2,1-2H3,(H,25,28)(H,26,27)/b22-15-. The monoisotopic (exact) mass is 420 g/mol. The highest BCUT2D eigenvalue weighted by molar-refractivity contribution is 7.10. The molecular formula is C24H24N2O3S. The van der Waals surface area contributed by atoms with Crippen LogP contribution in [0.1, 0.15) is 27.7 Å². The van der Waals surface area contributed by atoms with Crippen LogP contribution in [0, 0.1) is 6.92 Å². The van der Waals surface area contributed by atoms with Gasteiger partial charge < -0.3 is 15.4 Å². The van der Waals surface area contributed by atoms with Crippen molar-refractivity contribution >= 4 is 29.2 Å². The number of carbonyl (C=O) groups excluding carboxylic acids is 2. The van der Waals surface area contributed by atoms with Crippen LogP contribution in [-0.4, -0.2) is 24.5 Å². The summed E-state index contributed by atoms with van der Waals surface area (Å²) >= 11 is 1.49. The highest BCUT2D eigenvalue weighted by Crippen LogP contribution is 2.14. The summed E-state index contributed by atoms with van der Waals surface area (Å²) in [5.41, 5.74) is 1.67. The van der Waals surface area contributed by atoms with Gasteiger partial charge in [0.05, 0.1) is 6.04 Å². The van der Waals surface area contributed by atoms with Gasteiger partial charge in [-0.05, 0) is 55.6 Å². The summed E-state index contributed by atoms with van der Waals surface area (Å²) in [6.07, 6.45) is 1.68. The van der Waals surface area contributed by atoms with Crippen LogP contribution in [0.15, 0.2) is 77.8 Å². The Morgan fingerprint density at radius 1 is 1.07 bits per heavy atom. The van der Waals surface area contributed by atoms with Crippen molar-refractivity contribution in [2.45, 2.75) is 19.9 Å². The van der Waals surface area contributed by atoms with Crippen LogP contribution in [0.25, 0.3) is 6.08 Å². The van der Waals surface area contributed by atoms with Crippen molar-refractivity contribution in [3.8, 4) is 5.75 Å². The number of para-hydroxylation sites is 1. The minimum absolute atomic E-state index is 0.190. The fourth-order valence-corrected chi connectivity index (χ4v) is 3.39. The molecule has 1 aromatic heterocycles. The molecule has 3 aromatic rings. The Hall–Kier alpha value is -3.38. The van der Waals surface area contributed by atoms with E-state index in [1.165, 1.54) is 11.3 Å². The number of nitrogens with one attached hydrogen (secondary N) is 2. The number of benzene rings is 2. The largest absolute Gasteiger partial charge is 0.491 e. The molecule has 2 amide bonds. The van der Waals surface area contributed by atoms with Gasteiger partial charge in [-0.3, -0.25) is 9.59 Å². The van der Waals surface area contributed by atoms with Gasteiger partial charge in [0, 0.05) is 10.4 Å². The summed E-state index contributed by atoms with van der Waals surface area (Å²) in [4.78, 5) is 26.4. The third-order valence-corrected chi connectivity index (χ3v) is 5.04. The fraction of sp³-hybridized carbons (Fsp3) is 0.167. The third-order valence-electron chi connectivity index (χ3n) is 4.22. The van der Waals surface area contributed by atoms with Gasteiger partial charge in [0.1, 0.15) is 18.1 Å². The van der Waals surface area contributed by atoms with E-state index in [1.54, 1.807) is 18.2 Å². The molecule has 30 heavy (non-hydrogen) atoms. The second-order valence-electron chi connectivity index (χ2n) is 6.90. The third kappa shape index (κ3) is 6.32. The van der Waals surface area contributed by atoms with Crippen LogP contribution >= 0.6 is 11.3 Å². The van der Waals surface area contributed by atoms with Crippen molar-refractivity contribution in [2.24, 2.45) is 0 Å². The van der Waals surface area contributed by atoms with E-state index in [-0.39, 0.29) is 23.6 Å². The zero-order valence-corrected chi connectivity index (χ0v) is 17.7. The molecule has 0 saturated heterocycles. The van der Waals surface area contributed by atoms with E-state index in [9.17, 15) is 9.59 Å². The number of rotatable bonds is 8. The van der Waals surface area contributed by atoms with Gasteiger partial charge in [0.15, 0.2) is 0 Å². The zero-order valence-electron chi connectivity index (χ0n) is 16.9. The first-order chi connectivity index (χ1) is 14.5. The quantitative estimate of drug-likeness (QED) is 0.531. The molecule has 0 fully saturated rings. The van der Waals surface area contributed by atoms with Crippen molar-refractivity contribution in [3.05, 3.63) is 93.8 Å². The van der Waals surface area contributed by atoms with Gasteiger partial charge in [-0.1, -0.05) is 42.0 Å². The summed E-state index contributed by atoms with van der Waals surface area (Å²) in [6.45, 7) is 4.08. The molecule has 2 N–H and O–H groups in total. The van der Waals surface area contributed by atoms with Crippen molar-refractivity contribution in [1.29, 1.82) is 0 Å². The lowest BCUT2D eigenvalue weighted by molar-refractivity contribution is -0.118. The summed E-state index contributed by atoms with van der Waals surface area (Å²) in [6, 6.07) is 20.2. The van der Waals surface area contributed by atoms with Crippen molar-refractivity contribution < 1.29 is 14.3 Å². The highest BCUT2D eigenvalue weighted by atomic mass is 32.1. The molecule has 1 atom stereocenters. The lowest BCUT2D eigenvalue weighted by atomic mass is 10.1. The van der Waals surface area contributed by atoms with Gasteiger partial charge in [0.2, 0.25) is 0 Å². The smallest absolute Gasteiger partial charge is 0.268 e. The molecule has 0 radical (unpaired) electrons. The summed E-state index contributed by atoms with van der Waals surface area (Å²) < 4.78 is 5.70. The molecule has 0 bridgehead atoms. The van der Waals surface area contributed by atoms with E-state index in [0.717, 1.165) is 16.2 Å². The molecule has 2 aromatic carbocycles. The fourth-order valence-electron chi connectivity index (χ4n) is 2.74. The molecule has 0 spiro atoms. The molecule has 3 rings (SSSR count). The number of hydrogen-bond donors (Lipinski definition) is 2. The molecule has 1 heterocycles. The zero-order chi connectivity index (χ0) is 21.3.